The third-order valence-electron chi connectivity index (χ3n) is 4.88. The zero-order chi connectivity index (χ0) is 20.1. The van der Waals surface area contributed by atoms with Crippen LogP contribution in [0, 0.1) is 0 Å². The second-order valence-corrected chi connectivity index (χ2v) is 7.18. The maximum atomic E-state index is 13.0. The number of nitrogens with zero attached hydrogens (tertiary/aromatic N) is 4. The van der Waals surface area contributed by atoms with E-state index in [1.165, 1.54) is 0 Å². The van der Waals surface area contributed by atoms with Gasteiger partial charge in [-0.25, -0.2) is 0 Å². The molecule has 1 aliphatic heterocycles. The summed E-state index contributed by atoms with van der Waals surface area (Å²) in [5.74, 6) is 1.60. The number of hydrogen-bond acceptors (Lipinski definition) is 6. The van der Waals surface area contributed by atoms with Gasteiger partial charge in [-0.05, 0) is 26.2 Å². The molecule has 150 valence electrons. The molecule has 0 fully saturated rings. The number of amides is 1. The minimum atomic E-state index is 0.0966. The van der Waals surface area contributed by atoms with Crippen LogP contribution in [-0.4, -0.2) is 68.6 Å². The van der Waals surface area contributed by atoms with Gasteiger partial charge in [0.1, 0.15) is 11.5 Å². The van der Waals surface area contributed by atoms with Crippen LogP contribution in [0.15, 0.2) is 36.7 Å². The van der Waals surface area contributed by atoms with Gasteiger partial charge in [-0.3, -0.25) is 14.7 Å². The van der Waals surface area contributed by atoms with Gasteiger partial charge in [0.2, 0.25) is 5.91 Å². The van der Waals surface area contributed by atoms with E-state index in [1.54, 1.807) is 20.4 Å². The summed E-state index contributed by atoms with van der Waals surface area (Å²) in [6.07, 6.45) is 3.60. The summed E-state index contributed by atoms with van der Waals surface area (Å²) in [6, 6.07) is 7.70. The Morgan fingerprint density at radius 3 is 2.68 bits per heavy atom. The van der Waals surface area contributed by atoms with E-state index in [0.717, 1.165) is 34.9 Å². The highest BCUT2D eigenvalue weighted by Crippen LogP contribution is 2.29. The third-order valence-corrected chi connectivity index (χ3v) is 4.88. The van der Waals surface area contributed by atoms with Crippen LogP contribution < -0.4 is 14.4 Å². The lowest BCUT2D eigenvalue weighted by Crippen LogP contribution is -2.40. The van der Waals surface area contributed by atoms with E-state index in [9.17, 15) is 4.79 Å². The van der Waals surface area contributed by atoms with Crippen molar-refractivity contribution in [3.05, 3.63) is 47.8 Å². The van der Waals surface area contributed by atoms with Crippen LogP contribution in [-0.2, 0) is 17.9 Å². The second-order valence-electron chi connectivity index (χ2n) is 7.18. The molecular formula is C21H28N4O3. The third kappa shape index (κ3) is 4.61. The van der Waals surface area contributed by atoms with Gasteiger partial charge in [0, 0.05) is 55.8 Å². The number of ether oxygens (including phenoxy) is 2. The molecule has 2 heterocycles. The van der Waals surface area contributed by atoms with Crippen LogP contribution in [0.25, 0.3) is 0 Å². The maximum Gasteiger partial charge on any atom is 0.241 e. The van der Waals surface area contributed by atoms with Crippen molar-refractivity contribution in [1.29, 1.82) is 0 Å². The predicted molar refractivity (Wildman–Crippen MR) is 109 cm³/mol. The summed E-state index contributed by atoms with van der Waals surface area (Å²) in [5.41, 5.74) is 3.02. The minimum Gasteiger partial charge on any atom is -0.497 e. The highest BCUT2D eigenvalue weighted by molar-refractivity contribution is 5.96. The fourth-order valence-corrected chi connectivity index (χ4v) is 3.39. The molecule has 1 aromatic carbocycles. The van der Waals surface area contributed by atoms with E-state index in [4.69, 9.17) is 9.47 Å². The number of methoxy groups -OCH3 is 2. The molecule has 0 radical (unpaired) electrons. The molecule has 1 aromatic heterocycles. The van der Waals surface area contributed by atoms with Crippen molar-refractivity contribution in [2.24, 2.45) is 0 Å². The summed E-state index contributed by atoms with van der Waals surface area (Å²) < 4.78 is 10.8. The lowest BCUT2D eigenvalue weighted by atomic mass is 10.1. The number of rotatable bonds is 7. The molecule has 7 heteroatoms. The van der Waals surface area contributed by atoms with Crippen molar-refractivity contribution in [3.63, 3.8) is 0 Å². The number of aromatic nitrogens is 1. The first-order valence-corrected chi connectivity index (χ1v) is 9.33. The average molecular weight is 384 g/mol. The molecule has 0 saturated carbocycles. The smallest absolute Gasteiger partial charge is 0.241 e. The number of pyridine rings is 1. The Morgan fingerprint density at radius 2 is 1.96 bits per heavy atom. The lowest BCUT2D eigenvalue weighted by molar-refractivity contribution is -0.119. The highest BCUT2D eigenvalue weighted by atomic mass is 16.5. The number of hydrogen-bond donors (Lipinski definition) is 0. The van der Waals surface area contributed by atoms with Crippen molar-refractivity contribution in [3.8, 4) is 11.5 Å². The Kier molecular flexibility index (Phi) is 6.49. The molecule has 1 amide bonds. The van der Waals surface area contributed by atoms with Crippen molar-refractivity contribution in [2.45, 2.75) is 13.1 Å². The van der Waals surface area contributed by atoms with Gasteiger partial charge in [-0.15, -0.1) is 0 Å². The van der Waals surface area contributed by atoms with E-state index in [1.807, 2.05) is 49.5 Å². The number of carbonyl (C=O) groups excluding carboxylic acids is 1. The number of carbonyl (C=O) groups is 1. The zero-order valence-electron chi connectivity index (χ0n) is 17.0. The Labute approximate surface area is 166 Å². The topological polar surface area (TPSA) is 58.1 Å². The SMILES string of the molecule is COc1ccc(CN2CC(=O)N(CCN(C)C)c3ccncc3C2)c(OC)c1. The molecule has 0 saturated heterocycles. The zero-order valence-corrected chi connectivity index (χ0v) is 17.0. The van der Waals surface area contributed by atoms with Crippen LogP contribution in [0.1, 0.15) is 11.1 Å². The first kappa shape index (κ1) is 20.1. The van der Waals surface area contributed by atoms with E-state index in [0.29, 0.717) is 26.2 Å². The number of anilines is 1. The quantitative estimate of drug-likeness (QED) is 0.728. The van der Waals surface area contributed by atoms with Gasteiger partial charge in [0.05, 0.1) is 26.5 Å². The molecule has 0 bridgehead atoms. The summed E-state index contributed by atoms with van der Waals surface area (Å²) in [6.45, 7) is 3.07. The van der Waals surface area contributed by atoms with Crippen LogP contribution in [0.4, 0.5) is 5.69 Å². The van der Waals surface area contributed by atoms with Crippen molar-refractivity contribution in [1.82, 2.24) is 14.8 Å². The summed E-state index contributed by atoms with van der Waals surface area (Å²) >= 11 is 0. The lowest BCUT2D eigenvalue weighted by Gasteiger charge is -2.24. The van der Waals surface area contributed by atoms with E-state index >= 15 is 0 Å². The molecule has 0 aliphatic carbocycles. The Bertz CT molecular complexity index is 825. The van der Waals surface area contributed by atoms with Crippen molar-refractivity contribution >= 4 is 11.6 Å². The first-order valence-electron chi connectivity index (χ1n) is 9.33. The number of benzene rings is 1. The molecule has 0 N–H and O–H groups in total. The number of fused-ring (bicyclic) bond motifs is 1. The normalized spacial score (nSPS) is 14.8. The van der Waals surface area contributed by atoms with E-state index in [-0.39, 0.29) is 5.91 Å². The van der Waals surface area contributed by atoms with Gasteiger partial charge < -0.3 is 19.3 Å². The van der Waals surface area contributed by atoms with Crippen LogP contribution in [0.5, 0.6) is 11.5 Å². The largest absolute Gasteiger partial charge is 0.497 e. The molecule has 7 nitrogen and oxygen atoms in total. The minimum absolute atomic E-state index is 0.0966. The number of likely N-dealkylation sites (N-methyl/N-ethyl adjacent to an activating group) is 1. The fourth-order valence-electron chi connectivity index (χ4n) is 3.39. The van der Waals surface area contributed by atoms with Gasteiger partial charge >= 0.3 is 0 Å². The monoisotopic (exact) mass is 384 g/mol. The standard InChI is InChI=1S/C21H28N4O3/c1-23(2)9-10-25-19-7-8-22-12-17(19)14-24(15-21(25)26)13-16-5-6-18(27-3)11-20(16)28-4/h5-8,11-12H,9-10,13-15H2,1-4H3. The second kappa shape index (κ2) is 9.03. The Balaban J connectivity index is 1.85. The van der Waals surface area contributed by atoms with Gasteiger partial charge in [-0.1, -0.05) is 6.07 Å². The van der Waals surface area contributed by atoms with Gasteiger partial charge in [0.25, 0.3) is 0 Å². The molecule has 0 unspecified atom stereocenters. The van der Waals surface area contributed by atoms with Gasteiger partial charge in [0.15, 0.2) is 0 Å². The van der Waals surface area contributed by atoms with E-state index < -0.39 is 0 Å². The molecule has 3 rings (SSSR count). The highest BCUT2D eigenvalue weighted by Gasteiger charge is 2.27. The summed E-state index contributed by atoms with van der Waals surface area (Å²) in [4.78, 5) is 23.4. The van der Waals surface area contributed by atoms with E-state index in [2.05, 4.69) is 14.8 Å². The predicted octanol–water partition coefficient (Wildman–Crippen LogP) is 2.01. The summed E-state index contributed by atoms with van der Waals surface area (Å²) in [7, 11) is 7.30. The molecule has 2 aromatic rings. The van der Waals surface area contributed by atoms with Crippen molar-refractivity contribution < 1.29 is 14.3 Å². The average Bonchev–Trinajstić information content (AvgIpc) is 2.82. The molecule has 1 aliphatic rings. The Hall–Kier alpha value is -2.64. The first-order chi connectivity index (χ1) is 13.5. The molecule has 0 atom stereocenters. The van der Waals surface area contributed by atoms with Crippen LogP contribution in [0.3, 0.4) is 0 Å². The van der Waals surface area contributed by atoms with Crippen molar-refractivity contribution in [2.75, 3.05) is 52.8 Å². The summed E-state index contributed by atoms with van der Waals surface area (Å²) in [5, 5.41) is 0. The van der Waals surface area contributed by atoms with Gasteiger partial charge in [-0.2, -0.15) is 0 Å². The van der Waals surface area contributed by atoms with Crippen LogP contribution >= 0.6 is 0 Å². The molecule has 0 spiro atoms. The molecule has 28 heavy (non-hydrogen) atoms. The van der Waals surface area contributed by atoms with Crippen LogP contribution in [0.2, 0.25) is 0 Å². The Morgan fingerprint density at radius 1 is 1.14 bits per heavy atom. The maximum absolute atomic E-state index is 13.0. The fraction of sp³-hybridized carbons (Fsp3) is 0.429. The molecular weight excluding hydrogens is 356 g/mol.